The van der Waals surface area contributed by atoms with Gasteiger partial charge in [-0.15, -0.1) is 0 Å². The van der Waals surface area contributed by atoms with Gasteiger partial charge in [0.2, 0.25) is 5.91 Å². The molecule has 0 bridgehead atoms. The molecule has 2 atom stereocenters. The Kier molecular flexibility index (Phi) is 3.82. The van der Waals surface area contributed by atoms with Crippen LogP contribution >= 0.6 is 0 Å². The van der Waals surface area contributed by atoms with Gasteiger partial charge in [-0.25, -0.2) is 0 Å². The fourth-order valence-corrected chi connectivity index (χ4v) is 2.22. The Bertz CT molecular complexity index is 253. The highest BCUT2D eigenvalue weighted by atomic mass is 16.2. The van der Waals surface area contributed by atoms with E-state index in [0.717, 1.165) is 32.2 Å². The topological polar surface area (TPSA) is 44.4 Å². The third-order valence-corrected chi connectivity index (χ3v) is 3.70. The largest absolute Gasteiger partial charge is 0.352 e. The Morgan fingerprint density at radius 3 is 2.69 bits per heavy atom. The maximum Gasteiger partial charge on any atom is 0.234 e. The van der Waals surface area contributed by atoms with Crippen molar-refractivity contribution in [3.63, 3.8) is 0 Å². The summed E-state index contributed by atoms with van der Waals surface area (Å²) in [5, 5.41) is 6.37. The highest BCUT2D eigenvalue weighted by Gasteiger charge is 2.25. The van der Waals surface area contributed by atoms with Crippen molar-refractivity contribution in [1.29, 1.82) is 0 Å². The van der Waals surface area contributed by atoms with Gasteiger partial charge in [-0.3, -0.25) is 4.79 Å². The molecule has 2 rings (SSSR count). The Morgan fingerprint density at radius 2 is 2.06 bits per heavy atom. The summed E-state index contributed by atoms with van der Waals surface area (Å²) in [6.07, 6.45) is 4.62. The van der Waals surface area contributed by atoms with Gasteiger partial charge in [0.05, 0.1) is 6.54 Å². The summed E-state index contributed by atoms with van der Waals surface area (Å²) in [5.41, 5.74) is 0. The summed E-state index contributed by atoms with van der Waals surface area (Å²) in [6, 6.07) is 1.61. The third-order valence-electron chi connectivity index (χ3n) is 3.70. The lowest BCUT2D eigenvalue weighted by atomic mass is 9.99. The molecule has 92 valence electrons. The van der Waals surface area contributed by atoms with Gasteiger partial charge in [-0.05, 0) is 46.2 Å². The number of piperidine rings is 1. The fourth-order valence-electron chi connectivity index (χ4n) is 2.22. The number of carbonyl (C=O) groups excluding carboxylic acids is 1. The Balaban J connectivity index is 1.63. The van der Waals surface area contributed by atoms with Crippen LogP contribution in [0.3, 0.4) is 0 Å². The average molecular weight is 225 g/mol. The molecule has 1 heterocycles. The van der Waals surface area contributed by atoms with Gasteiger partial charge in [0.25, 0.3) is 0 Å². The van der Waals surface area contributed by atoms with Crippen molar-refractivity contribution in [3.05, 3.63) is 0 Å². The van der Waals surface area contributed by atoms with E-state index in [0.29, 0.717) is 24.7 Å². The minimum atomic E-state index is 0.161. The van der Waals surface area contributed by atoms with E-state index >= 15 is 0 Å². The van der Waals surface area contributed by atoms with Crippen LogP contribution in [-0.2, 0) is 4.79 Å². The predicted molar refractivity (Wildman–Crippen MR) is 64.3 cm³/mol. The van der Waals surface area contributed by atoms with Crippen LogP contribution in [0.5, 0.6) is 0 Å². The van der Waals surface area contributed by atoms with Crippen LogP contribution in [0, 0.1) is 0 Å². The van der Waals surface area contributed by atoms with Gasteiger partial charge in [-0.1, -0.05) is 0 Å². The van der Waals surface area contributed by atoms with E-state index in [2.05, 4.69) is 29.5 Å². The lowest BCUT2D eigenvalue weighted by Crippen LogP contribution is -2.48. The number of amides is 1. The SMILES string of the molecule is CC1CC(NCC(=O)NC2CC2)CCN1C. The molecule has 16 heavy (non-hydrogen) atoms. The quantitative estimate of drug-likeness (QED) is 0.725. The van der Waals surface area contributed by atoms with Crippen LogP contribution in [0.4, 0.5) is 0 Å². The van der Waals surface area contributed by atoms with Crippen molar-refractivity contribution in [2.24, 2.45) is 0 Å². The standard InChI is InChI=1S/C12H23N3O/c1-9-7-11(5-6-15(9)2)13-8-12(16)14-10-3-4-10/h9-11,13H,3-8H2,1-2H3,(H,14,16). The highest BCUT2D eigenvalue weighted by Crippen LogP contribution is 2.18. The van der Waals surface area contributed by atoms with Crippen LogP contribution in [0.2, 0.25) is 0 Å². The minimum Gasteiger partial charge on any atom is -0.352 e. The molecule has 1 saturated carbocycles. The van der Waals surface area contributed by atoms with Crippen molar-refractivity contribution >= 4 is 5.91 Å². The average Bonchev–Trinajstić information content (AvgIpc) is 3.04. The van der Waals surface area contributed by atoms with Crippen LogP contribution in [0.1, 0.15) is 32.6 Å². The van der Waals surface area contributed by atoms with Gasteiger partial charge in [0, 0.05) is 18.1 Å². The van der Waals surface area contributed by atoms with Gasteiger partial charge < -0.3 is 15.5 Å². The smallest absolute Gasteiger partial charge is 0.234 e. The monoisotopic (exact) mass is 225 g/mol. The van der Waals surface area contributed by atoms with Crippen molar-refractivity contribution in [3.8, 4) is 0 Å². The first-order valence-corrected chi connectivity index (χ1v) is 6.38. The second-order valence-electron chi connectivity index (χ2n) is 5.27. The van der Waals surface area contributed by atoms with Crippen molar-refractivity contribution in [2.45, 2.75) is 50.7 Å². The summed E-state index contributed by atoms with van der Waals surface area (Å²) < 4.78 is 0. The molecule has 4 heteroatoms. The molecule has 0 spiro atoms. The maximum absolute atomic E-state index is 11.5. The summed E-state index contributed by atoms with van der Waals surface area (Å²) >= 11 is 0. The van der Waals surface area contributed by atoms with Crippen molar-refractivity contribution in [2.75, 3.05) is 20.1 Å². The number of nitrogens with one attached hydrogen (secondary N) is 2. The molecule has 0 aromatic rings. The molecule has 4 nitrogen and oxygen atoms in total. The normalized spacial score (nSPS) is 31.4. The van der Waals surface area contributed by atoms with E-state index in [1.165, 1.54) is 0 Å². The molecule has 1 aliphatic carbocycles. The Labute approximate surface area is 97.8 Å². The van der Waals surface area contributed by atoms with Crippen molar-refractivity contribution < 1.29 is 4.79 Å². The molecule has 2 fully saturated rings. The molecule has 0 aromatic heterocycles. The highest BCUT2D eigenvalue weighted by molar-refractivity contribution is 5.78. The molecule has 2 unspecified atom stereocenters. The molecule has 0 radical (unpaired) electrons. The van der Waals surface area contributed by atoms with Crippen molar-refractivity contribution in [1.82, 2.24) is 15.5 Å². The number of carbonyl (C=O) groups is 1. The van der Waals surface area contributed by atoms with Gasteiger partial charge in [0.15, 0.2) is 0 Å². The number of likely N-dealkylation sites (tertiary alicyclic amines) is 1. The molecule has 0 aromatic carbocycles. The van der Waals surface area contributed by atoms with E-state index in [-0.39, 0.29) is 5.91 Å². The zero-order valence-electron chi connectivity index (χ0n) is 10.3. The van der Waals surface area contributed by atoms with E-state index in [1.807, 2.05) is 0 Å². The minimum absolute atomic E-state index is 0.161. The summed E-state index contributed by atoms with van der Waals surface area (Å²) in [6.45, 7) is 3.86. The molecule has 1 saturated heterocycles. The zero-order chi connectivity index (χ0) is 11.5. The first-order valence-electron chi connectivity index (χ1n) is 6.38. The van der Waals surface area contributed by atoms with Crippen LogP contribution in [0.25, 0.3) is 0 Å². The van der Waals surface area contributed by atoms with E-state index < -0.39 is 0 Å². The molecule has 1 amide bonds. The summed E-state index contributed by atoms with van der Waals surface area (Å²) in [4.78, 5) is 13.9. The van der Waals surface area contributed by atoms with Crippen LogP contribution in [-0.4, -0.2) is 49.1 Å². The number of rotatable bonds is 4. The number of hydrogen-bond acceptors (Lipinski definition) is 3. The van der Waals surface area contributed by atoms with E-state index in [4.69, 9.17) is 0 Å². The first-order chi connectivity index (χ1) is 7.65. The molecule has 2 aliphatic rings. The first kappa shape index (κ1) is 11.9. The fraction of sp³-hybridized carbons (Fsp3) is 0.917. The van der Waals surface area contributed by atoms with Gasteiger partial charge in [-0.2, -0.15) is 0 Å². The van der Waals surface area contributed by atoms with E-state index in [9.17, 15) is 4.79 Å². The number of hydrogen-bond donors (Lipinski definition) is 2. The third kappa shape index (κ3) is 3.46. The molecule has 2 N–H and O–H groups in total. The predicted octanol–water partition coefficient (Wildman–Crippen LogP) is 0.337. The Hall–Kier alpha value is -0.610. The van der Waals surface area contributed by atoms with Crippen LogP contribution in [0.15, 0.2) is 0 Å². The lowest BCUT2D eigenvalue weighted by Gasteiger charge is -2.35. The second-order valence-corrected chi connectivity index (χ2v) is 5.27. The maximum atomic E-state index is 11.5. The van der Waals surface area contributed by atoms with Crippen LogP contribution < -0.4 is 10.6 Å². The second kappa shape index (κ2) is 5.15. The molecule has 1 aliphatic heterocycles. The Morgan fingerprint density at radius 1 is 1.31 bits per heavy atom. The summed E-state index contributed by atoms with van der Waals surface area (Å²) in [5.74, 6) is 0.161. The zero-order valence-corrected chi connectivity index (χ0v) is 10.3. The number of nitrogens with zero attached hydrogens (tertiary/aromatic N) is 1. The van der Waals surface area contributed by atoms with Gasteiger partial charge in [0.1, 0.15) is 0 Å². The van der Waals surface area contributed by atoms with Gasteiger partial charge >= 0.3 is 0 Å². The molecular weight excluding hydrogens is 202 g/mol. The van der Waals surface area contributed by atoms with E-state index in [1.54, 1.807) is 0 Å². The summed E-state index contributed by atoms with van der Waals surface area (Å²) in [7, 11) is 2.17. The lowest BCUT2D eigenvalue weighted by molar-refractivity contribution is -0.120. The molecular formula is C12H23N3O.